The van der Waals surface area contributed by atoms with Gasteiger partial charge in [-0.2, -0.15) is 0 Å². The third-order valence-electron chi connectivity index (χ3n) is 1.44. The molecule has 1 aromatic rings. The minimum absolute atomic E-state index is 0.0517. The van der Waals surface area contributed by atoms with Gasteiger partial charge in [0.05, 0.1) is 12.5 Å². The van der Waals surface area contributed by atoms with E-state index in [2.05, 4.69) is 4.98 Å². The van der Waals surface area contributed by atoms with Gasteiger partial charge in [0.25, 0.3) is 0 Å². The van der Waals surface area contributed by atoms with E-state index in [-0.39, 0.29) is 12.1 Å². The molecular weight excluding hydrogens is 214 g/mol. The molecule has 0 saturated carbocycles. The number of hydrogen-bond acceptors (Lipinski definition) is 3. The van der Waals surface area contributed by atoms with Crippen LogP contribution in [-0.4, -0.2) is 17.1 Å². The zero-order valence-electron chi connectivity index (χ0n) is 11.9. The lowest BCUT2D eigenvalue weighted by Crippen LogP contribution is -2.13. The molecule has 0 N–H and O–H groups in total. The van der Waals surface area contributed by atoms with Gasteiger partial charge in [0.15, 0.2) is 0 Å². The molecule has 0 atom stereocenters. The molecule has 0 fully saturated rings. The van der Waals surface area contributed by atoms with Gasteiger partial charge in [-0.25, -0.2) is 0 Å². The Labute approximate surface area is 105 Å². The molecule has 0 radical (unpaired) electrons. The van der Waals surface area contributed by atoms with E-state index in [0.29, 0.717) is 6.42 Å². The molecule has 0 amide bonds. The molecule has 0 unspecified atom stereocenters. The lowest BCUT2D eigenvalue weighted by molar-refractivity contribution is -0.146. The minimum atomic E-state index is -0.206. The average Bonchev–Trinajstić information content (AvgIpc) is 2.34. The van der Waals surface area contributed by atoms with Gasteiger partial charge in [-0.1, -0.05) is 33.8 Å². The van der Waals surface area contributed by atoms with Crippen LogP contribution in [0.3, 0.4) is 0 Å². The number of ether oxygens (including phenoxy) is 1. The molecule has 3 nitrogen and oxygen atoms in total. The summed E-state index contributed by atoms with van der Waals surface area (Å²) in [6.07, 6.45) is 3.59. The quantitative estimate of drug-likeness (QED) is 0.756. The number of carbonyl (C=O) groups excluding carboxylic acids is 1. The van der Waals surface area contributed by atoms with Crippen LogP contribution in [0.15, 0.2) is 24.5 Å². The van der Waals surface area contributed by atoms with Crippen LogP contribution in [0.2, 0.25) is 0 Å². The maximum absolute atomic E-state index is 11.2. The molecule has 0 aromatic carbocycles. The van der Waals surface area contributed by atoms with Crippen molar-refractivity contribution in [2.45, 2.75) is 54.1 Å². The van der Waals surface area contributed by atoms with Crippen LogP contribution in [0, 0.1) is 0 Å². The number of pyridine rings is 1. The van der Waals surface area contributed by atoms with Crippen molar-refractivity contribution in [2.24, 2.45) is 0 Å². The predicted octanol–water partition coefficient (Wildman–Crippen LogP) is 3.63. The molecule has 3 heteroatoms. The molecule has 0 spiro atoms. The van der Waals surface area contributed by atoms with E-state index in [1.165, 1.54) is 0 Å². The van der Waals surface area contributed by atoms with E-state index in [9.17, 15) is 4.79 Å². The number of nitrogens with zero attached hydrogens (tertiary/aromatic N) is 1. The van der Waals surface area contributed by atoms with Gasteiger partial charge in [0.1, 0.15) is 0 Å². The van der Waals surface area contributed by atoms with E-state index >= 15 is 0 Å². The first-order chi connectivity index (χ1) is 8.18. The second kappa shape index (κ2) is 12.7. The van der Waals surface area contributed by atoms with Crippen LogP contribution >= 0.6 is 0 Å². The third kappa shape index (κ3) is 10.9. The van der Waals surface area contributed by atoms with Gasteiger partial charge < -0.3 is 4.74 Å². The first-order valence-electron chi connectivity index (χ1n) is 6.27. The fourth-order valence-corrected chi connectivity index (χ4v) is 0.974. The minimum Gasteiger partial charge on any atom is -0.463 e. The Kier molecular flexibility index (Phi) is 13.4. The van der Waals surface area contributed by atoms with E-state index in [1.807, 2.05) is 47.6 Å². The molecule has 0 aliphatic heterocycles. The van der Waals surface area contributed by atoms with Crippen LogP contribution in [0.1, 0.15) is 47.1 Å². The number of rotatable bonds is 3. The zero-order valence-corrected chi connectivity index (χ0v) is 11.9. The van der Waals surface area contributed by atoms with Crippen molar-refractivity contribution in [2.75, 3.05) is 0 Å². The summed E-state index contributed by atoms with van der Waals surface area (Å²) < 4.78 is 4.99. The molecule has 0 aliphatic carbocycles. The van der Waals surface area contributed by atoms with Crippen LogP contribution in [-0.2, 0) is 16.0 Å². The summed E-state index contributed by atoms with van der Waals surface area (Å²) in [5, 5.41) is 0. The molecule has 17 heavy (non-hydrogen) atoms. The second-order valence-electron chi connectivity index (χ2n) is 3.08. The van der Waals surface area contributed by atoms with Crippen LogP contribution < -0.4 is 0 Å². The fraction of sp³-hybridized carbons (Fsp3) is 0.571. The summed E-state index contributed by atoms with van der Waals surface area (Å²) in [6.45, 7) is 11.7. The van der Waals surface area contributed by atoms with E-state index in [1.54, 1.807) is 18.5 Å². The maximum Gasteiger partial charge on any atom is 0.310 e. The summed E-state index contributed by atoms with van der Waals surface area (Å²) in [5.41, 5.74) is 0.883. The Bertz CT molecular complexity index is 271. The Morgan fingerprint density at radius 1 is 1.29 bits per heavy atom. The van der Waals surface area contributed by atoms with E-state index < -0.39 is 0 Å². The number of carbonyl (C=O) groups is 1. The standard InChI is InChI=1S/C10H13NO2.2C2H6/c1-8(2)13-10(12)6-9-4-3-5-11-7-9;2*1-2/h3-5,7-8H,6H2,1-2H3;2*1-2H3. The monoisotopic (exact) mass is 239 g/mol. The fourth-order valence-electron chi connectivity index (χ4n) is 0.974. The molecule has 1 aromatic heterocycles. The van der Waals surface area contributed by atoms with Gasteiger partial charge in [-0.15, -0.1) is 0 Å². The lowest BCUT2D eigenvalue weighted by atomic mass is 10.2. The molecule has 0 aliphatic rings. The topological polar surface area (TPSA) is 39.2 Å². The predicted molar refractivity (Wildman–Crippen MR) is 71.9 cm³/mol. The highest BCUT2D eigenvalue weighted by Crippen LogP contribution is 2.00. The Balaban J connectivity index is 0. The number of aromatic nitrogens is 1. The van der Waals surface area contributed by atoms with Crippen molar-refractivity contribution >= 4 is 5.97 Å². The molecule has 0 bridgehead atoms. The number of esters is 1. The van der Waals surface area contributed by atoms with Crippen LogP contribution in [0.5, 0.6) is 0 Å². The SMILES string of the molecule is CC.CC.CC(C)OC(=O)Cc1cccnc1. The van der Waals surface area contributed by atoms with Crippen molar-refractivity contribution in [3.05, 3.63) is 30.1 Å². The third-order valence-corrected chi connectivity index (χ3v) is 1.44. The molecule has 0 saturated heterocycles. The second-order valence-corrected chi connectivity index (χ2v) is 3.08. The summed E-state index contributed by atoms with van der Waals surface area (Å²) in [6, 6.07) is 3.66. The van der Waals surface area contributed by atoms with Gasteiger partial charge in [-0.3, -0.25) is 9.78 Å². The first kappa shape index (κ1) is 18.0. The van der Waals surface area contributed by atoms with E-state index in [4.69, 9.17) is 4.74 Å². The molecular formula is C14H25NO2. The van der Waals surface area contributed by atoms with Crippen molar-refractivity contribution in [3.8, 4) is 0 Å². The van der Waals surface area contributed by atoms with Crippen molar-refractivity contribution in [1.29, 1.82) is 0 Å². The highest BCUT2D eigenvalue weighted by Gasteiger charge is 2.05. The highest BCUT2D eigenvalue weighted by atomic mass is 16.5. The Morgan fingerprint density at radius 2 is 1.88 bits per heavy atom. The van der Waals surface area contributed by atoms with Crippen molar-refractivity contribution in [1.82, 2.24) is 4.98 Å². The summed E-state index contributed by atoms with van der Waals surface area (Å²) in [7, 11) is 0. The van der Waals surface area contributed by atoms with Gasteiger partial charge in [0, 0.05) is 12.4 Å². The Hall–Kier alpha value is -1.38. The molecule has 98 valence electrons. The van der Waals surface area contributed by atoms with Crippen LogP contribution in [0.4, 0.5) is 0 Å². The highest BCUT2D eigenvalue weighted by molar-refractivity contribution is 5.72. The van der Waals surface area contributed by atoms with Crippen molar-refractivity contribution in [3.63, 3.8) is 0 Å². The summed E-state index contributed by atoms with van der Waals surface area (Å²) >= 11 is 0. The lowest BCUT2D eigenvalue weighted by Gasteiger charge is -2.06. The largest absolute Gasteiger partial charge is 0.463 e. The Morgan fingerprint density at radius 3 is 2.29 bits per heavy atom. The maximum atomic E-state index is 11.2. The summed E-state index contributed by atoms with van der Waals surface area (Å²) in [5.74, 6) is -0.206. The smallest absolute Gasteiger partial charge is 0.310 e. The summed E-state index contributed by atoms with van der Waals surface area (Å²) in [4.78, 5) is 15.1. The average molecular weight is 239 g/mol. The van der Waals surface area contributed by atoms with Gasteiger partial charge >= 0.3 is 5.97 Å². The van der Waals surface area contributed by atoms with Gasteiger partial charge in [0.2, 0.25) is 0 Å². The zero-order chi connectivity index (χ0) is 13.7. The molecule has 1 heterocycles. The van der Waals surface area contributed by atoms with Gasteiger partial charge in [-0.05, 0) is 25.5 Å². The first-order valence-corrected chi connectivity index (χ1v) is 6.27. The van der Waals surface area contributed by atoms with E-state index in [0.717, 1.165) is 5.56 Å². The molecule has 1 rings (SSSR count). The normalized spacial score (nSPS) is 8.41. The van der Waals surface area contributed by atoms with Crippen molar-refractivity contribution < 1.29 is 9.53 Å². The van der Waals surface area contributed by atoms with Crippen LogP contribution in [0.25, 0.3) is 0 Å². The number of hydrogen-bond donors (Lipinski definition) is 0.